The standard InChI is InChI=1S/C13H13N3O/c1-3-9-8(2)16-13(15)10(7-14)12(9)11-5-4-6-17-11/h4-6H,3H2,1-2H3,(H2,15,16)/p+1. The molecule has 3 N–H and O–H groups in total. The first-order valence-electron chi connectivity index (χ1n) is 5.47. The molecule has 4 heteroatoms. The zero-order chi connectivity index (χ0) is 12.4. The van der Waals surface area contributed by atoms with Crippen LogP contribution in [0.1, 0.15) is 23.7 Å². The number of nitrogen functional groups attached to an aromatic ring is 1. The average Bonchev–Trinajstić information content (AvgIpc) is 2.81. The zero-order valence-corrected chi connectivity index (χ0v) is 9.87. The number of aromatic amines is 1. The Labute approximate surface area is 99.7 Å². The van der Waals surface area contributed by atoms with Crippen molar-refractivity contribution in [2.45, 2.75) is 20.3 Å². The van der Waals surface area contributed by atoms with Gasteiger partial charge in [-0.1, -0.05) is 6.92 Å². The van der Waals surface area contributed by atoms with Crippen LogP contribution in [0.15, 0.2) is 22.8 Å². The van der Waals surface area contributed by atoms with Crippen LogP contribution in [0.25, 0.3) is 11.3 Å². The molecule has 2 rings (SSSR count). The fourth-order valence-electron chi connectivity index (χ4n) is 2.06. The summed E-state index contributed by atoms with van der Waals surface area (Å²) < 4.78 is 5.39. The van der Waals surface area contributed by atoms with Crippen LogP contribution < -0.4 is 10.7 Å². The molecular weight excluding hydrogens is 214 g/mol. The molecule has 0 aliphatic carbocycles. The van der Waals surface area contributed by atoms with Gasteiger partial charge in [-0.2, -0.15) is 5.26 Å². The minimum atomic E-state index is 0.383. The number of nitrogens with one attached hydrogen (secondary N) is 1. The lowest BCUT2D eigenvalue weighted by molar-refractivity contribution is -0.371. The smallest absolute Gasteiger partial charge is 0.289 e. The molecule has 0 atom stereocenters. The van der Waals surface area contributed by atoms with E-state index in [9.17, 15) is 5.26 Å². The molecule has 0 amide bonds. The average molecular weight is 228 g/mol. The van der Waals surface area contributed by atoms with Crippen molar-refractivity contribution >= 4 is 5.82 Å². The highest BCUT2D eigenvalue weighted by Crippen LogP contribution is 2.30. The molecule has 0 aliphatic heterocycles. The molecule has 0 unspecified atom stereocenters. The van der Waals surface area contributed by atoms with Gasteiger partial charge in [0.15, 0.2) is 5.56 Å². The molecule has 4 nitrogen and oxygen atoms in total. The molecule has 0 saturated carbocycles. The van der Waals surface area contributed by atoms with E-state index in [1.807, 2.05) is 19.9 Å². The third kappa shape index (κ3) is 1.76. The van der Waals surface area contributed by atoms with E-state index >= 15 is 0 Å². The number of pyridine rings is 1. The molecule has 2 aromatic heterocycles. The summed E-state index contributed by atoms with van der Waals surface area (Å²) in [6.45, 7) is 3.99. The fourth-order valence-corrected chi connectivity index (χ4v) is 2.06. The SMILES string of the molecule is CCc1c(C)[nH+]c(N)c(C#N)c1-c1ccco1. The van der Waals surface area contributed by atoms with E-state index in [0.29, 0.717) is 17.1 Å². The topological polar surface area (TPSA) is 77.1 Å². The number of aryl methyl sites for hydroxylation is 1. The normalized spacial score (nSPS) is 10.2. The van der Waals surface area contributed by atoms with E-state index in [1.165, 1.54) is 0 Å². The third-order valence-electron chi connectivity index (χ3n) is 2.83. The van der Waals surface area contributed by atoms with Crippen LogP contribution in [0.2, 0.25) is 0 Å². The van der Waals surface area contributed by atoms with E-state index in [4.69, 9.17) is 10.2 Å². The molecule has 2 aromatic rings. The Hall–Kier alpha value is -2.28. The van der Waals surface area contributed by atoms with Crippen molar-refractivity contribution in [2.24, 2.45) is 0 Å². The molecular formula is C13H14N3O+. The number of aromatic nitrogens is 1. The van der Waals surface area contributed by atoms with Gasteiger partial charge in [0.25, 0.3) is 5.82 Å². The largest absolute Gasteiger partial charge is 0.464 e. The highest BCUT2D eigenvalue weighted by molar-refractivity contribution is 5.74. The molecule has 2 heterocycles. The minimum absolute atomic E-state index is 0.383. The monoisotopic (exact) mass is 228 g/mol. The first-order valence-corrected chi connectivity index (χ1v) is 5.47. The quantitative estimate of drug-likeness (QED) is 0.854. The highest BCUT2D eigenvalue weighted by atomic mass is 16.3. The van der Waals surface area contributed by atoms with Crippen molar-refractivity contribution in [1.29, 1.82) is 5.26 Å². The second kappa shape index (κ2) is 4.30. The molecule has 17 heavy (non-hydrogen) atoms. The summed E-state index contributed by atoms with van der Waals surface area (Å²) in [5.41, 5.74) is 9.12. The summed E-state index contributed by atoms with van der Waals surface area (Å²) in [5, 5.41) is 9.22. The molecule has 0 spiro atoms. The number of anilines is 1. The number of hydrogen-bond donors (Lipinski definition) is 1. The summed E-state index contributed by atoms with van der Waals surface area (Å²) in [4.78, 5) is 3.03. The maximum Gasteiger partial charge on any atom is 0.289 e. The summed E-state index contributed by atoms with van der Waals surface area (Å²) in [7, 11) is 0. The number of H-pyrrole nitrogens is 1. The Balaban J connectivity index is 2.83. The Morgan fingerprint density at radius 2 is 2.29 bits per heavy atom. The number of hydrogen-bond acceptors (Lipinski definition) is 3. The first kappa shape index (κ1) is 11.2. The number of nitrogens with zero attached hydrogens (tertiary/aromatic N) is 1. The van der Waals surface area contributed by atoms with Crippen LogP contribution in [0.5, 0.6) is 0 Å². The third-order valence-corrected chi connectivity index (χ3v) is 2.83. The van der Waals surface area contributed by atoms with Crippen LogP contribution in [-0.4, -0.2) is 0 Å². The van der Waals surface area contributed by atoms with Crippen LogP contribution in [0, 0.1) is 18.3 Å². The summed E-state index contributed by atoms with van der Waals surface area (Å²) >= 11 is 0. The van der Waals surface area contributed by atoms with Gasteiger partial charge in [0, 0.05) is 5.56 Å². The van der Waals surface area contributed by atoms with Gasteiger partial charge in [-0.3, -0.25) is 5.73 Å². The molecule has 0 fully saturated rings. The van der Waals surface area contributed by atoms with Crippen molar-refractivity contribution in [3.63, 3.8) is 0 Å². The van der Waals surface area contributed by atoms with Crippen LogP contribution >= 0.6 is 0 Å². The molecule has 86 valence electrons. The van der Waals surface area contributed by atoms with Gasteiger partial charge >= 0.3 is 0 Å². The zero-order valence-electron chi connectivity index (χ0n) is 9.87. The van der Waals surface area contributed by atoms with Gasteiger partial charge < -0.3 is 4.42 Å². The second-order valence-corrected chi connectivity index (χ2v) is 3.83. The molecule has 0 saturated heterocycles. The van der Waals surface area contributed by atoms with Gasteiger partial charge in [0.05, 0.1) is 11.8 Å². The Morgan fingerprint density at radius 1 is 1.53 bits per heavy atom. The summed E-state index contributed by atoms with van der Waals surface area (Å²) in [6, 6.07) is 5.78. The van der Waals surface area contributed by atoms with Crippen molar-refractivity contribution in [3.8, 4) is 17.4 Å². The maximum atomic E-state index is 9.22. The van der Waals surface area contributed by atoms with Gasteiger partial charge in [0.1, 0.15) is 17.5 Å². The molecule has 0 radical (unpaired) electrons. The Morgan fingerprint density at radius 3 is 2.82 bits per heavy atom. The highest BCUT2D eigenvalue weighted by Gasteiger charge is 2.21. The lowest BCUT2D eigenvalue weighted by atomic mass is 9.97. The van der Waals surface area contributed by atoms with Crippen molar-refractivity contribution in [2.75, 3.05) is 5.73 Å². The molecule has 0 aromatic carbocycles. The van der Waals surface area contributed by atoms with Crippen LogP contribution in [0.4, 0.5) is 5.82 Å². The minimum Gasteiger partial charge on any atom is -0.464 e. The van der Waals surface area contributed by atoms with E-state index < -0.39 is 0 Å². The van der Waals surface area contributed by atoms with Crippen molar-refractivity contribution in [3.05, 3.63) is 35.2 Å². The predicted octanol–water partition coefficient (Wildman–Crippen LogP) is 2.09. The van der Waals surface area contributed by atoms with Crippen molar-refractivity contribution < 1.29 is 9.40 Å². The Kier molecular flexibility index (Phi) is 2.84. The number of furan rings is 1. The van der Waals surface area contributed by atoms with Gasteiger partial charge in [-0.15, -0.1) is 0 Å². The van der Waals surface area contributed by atoms with Gasteiger partial charge in [-0.25, -0.2) is 4.98 Å². The molecule has 0 aliphatic rings. The van der Waals surface area contributed by atoms with E-state index in [2.05, 4.69) is 11.1 Å². The van der Waals surface area contributed by atoms with E-state index in [0.717, 1.165) is 23.2 Å². The first-order chi connectivity index (χ1) is 8.19. The van der Waals surface area contributed by atoms with Crippen LogP contribution in [0.3, 0.4) is 0 Å². The van der Waals surface area contributed by atoms with Crippen LogP contribution in [-0.2, 0) is 6.42 Å². The summed E-state index contributed by atoms with van der Waals surface area (Å²) in [5.74, 6) is 1.07. The van der Waals surface area contributed by atoms with E-state index in [-0.39, 0.29) is 0 Å². The number of rotatable bonds is 2. The Bertz CT molecular complexity index is 580. The second-order valence-electron chi connectivity index (χ2n) is 3.83. The molecule has 0 bridgehead atoms. The number of nitriles is 1. The fraction of sp³-hybridized carbons (Fsp3) is 0.231. The lowest BCUT2D eigenvalue weighted by Gasteiger charge is -2.09. The van der Waals surface area contributed by atoms with Gasteiger partial charge in [-0.05, 0) is 25.5 Å². The van der Waals surface area contributed by atoms with Crippen molar-refractivity contribution in [1.82, 2.24) is 0 Å². The predicted molar refractivity (Wildman–Crippen MR) is 63.9 cm³/mol. The number of nitrogens with two attached hydrogens (primary N) is 1. The summed E-state index contributed by atoms with van der Waals surface area (Å²) in [6.07, 6.45) is 2.41. The lowest BCUT2D eigenvalue weighted by Crippen LogP contribution is -2.19. The van der Waals surface area contributed by atoms with E-state index in [1.54, 1.807) is 12.3 Å². The maximum absolute atomic E-state index is 9.22. The van der Waals surface area contributed by atoms with Gasteiger partial charge in [0.2, 0.25) is 0 Å².